The van der Waals surface area contributed by atoms with Gasteiger partial charge in [-0.25, -0.2) is 4.79 Å². The van der Waals surface area contributed by atoms with E-state index in [4.69, 9.17) is 9.47 Å². The lowest BCUT2D eigenvalue weighted by molar-refractivity contribution is -0.129. The minimum atomic E-state index is -0.771. The highest BCUT2D eigenvalue weighted by Crippen LogP contribution is 2.22. The first kappa shape index (κ1) is 13.1. The molecule has 0 saturated heterocycles. The van der Waals surface area contributed by atoms with Gasteiger partial charge in [0.15, 0.2) is 6.10 Å². The number of benzene rings is 1. The molecule has 1 fully saturated rings. The van der Waals surface area contributed by atoms with Crippen LogP contribution >= 0.6 is 0 Å². The van der Waals surface area contributed by atoms with Crippen LogP contribution in [0.3, 0.4) is 0 Å². The number of carbonyl (C=O) groups is 2. The summed E-state index contributed by atoms with van der Waals surface area (Å²) in [4.78, 5) is 23.8. The van der Waals surface area contributed by atoms with Gasteiger partial charge in [-0.05, 0) is 43.0 Å². The first-order valence-corrected chi connectivity index (χ1v) is 6.84. The first-order valence-electron chi connectivity index (χ1n) is 6.84. The molecule has 1 heterocycles. The predicted octanol–water partition coefficient (Wildman–Crippen LogP) is 1.54. The molecule has 5 heteroatoms. The van der Waals surface area contributed by atoms with Crippen LogP contribution in [0.15, 0.2) is 18.2 Å². The molecular weight excluding hydrogens is 258 g/mol. The molecule has 20 heavy (non-hydrogen) atoms. The second kappa shape index (κ2) is 5.25. The maximum absolute atomic E-state index is 12.0. The molecule has 1 aliphatic heterocycles. The monoisotopic (exact) mass is 275 g/mol. The molecule has 1 aromatic carbocycles. The number of esters is 1. The van der Waals surface area contributed by atoms with Gasteiger partial charge >= 0.3 is 5.97 Å². The zero-order chi connectivity index (χ0) is 14.1. The third-order valence-corrected chi connectivity index (χ3v) is 3.53. The Labute approximate surface area is 117 Å². The molecule has 1 aliphatic carbocycles. The Kier molecular flexibility index (Phi) is 3.44. The average Bonchev–Trinajstić information content (AvgIpc) is 3.12. The molecule has 0 bridgehead atoms. The molecular formula is C15H17NO4. The van der Waals surface area contributed by atoms with Gasteiger partial charge in [-0.2, -0.15) is 0 Å². The van der Waals surface area contributed by atoms with Gasteiger partial charge in [0.05, 0.1) is 18.8 Å². The minimum Gasteiger partial charge on any atom is -0.449 e. The van der Waals surface area contributed by atoms with Crippen molar-refractivity contribution in [1.29, 1.82) is 0 Å². The van der Waals surface area contributed by atoms with E-state index in [-0.39, 0.29) is 11.9 Å². The van der Waals surface area contributed by atoms with E-state index < -0.39 is 12.1 Å². The van der Waals surface area contributed by atoms with Crippen molar-refractivity contribution in [2.24, 2.45) is 0 Å². The standard InChI is InChI=1S/C15H17NO4/c1-9(14(17)16-13-4-5-13)20-15(18)10-2-3-11-7-19-8-12(11)6-10/h2-3,6,9,13H,4-5,7-8H2,1H3,(H,16,17). The number of ether oxygens (including phenoxy) is 2. The molecule has 0 aromatic heterocycles. The maximum Gasteiger partial charge on any atom is 0.338 e. The fourth-order valence-corrected chi connectivity index (χ4v) is 2.13. The Morgan fingerprint density at radius 1 is 1.30 bits per heavy atom. The molecule has 0 spiro atoms. The van der Waals surface area contributed by atoms with E-state index in [1.807, 2.05) is 6.07 Å². The number of hydrogen-bond donors (Lipinski definition) is 1. The quantitative estimate of drug-likeness (QED) is 0.847. The van der Waals surface area contributed by atoms with Gasteiger partial charge in [-0.3, -0.25) is 4.79 Å². The summed E-state index contributed by atoms with van der Waals surface area (Å²) in [6, 6.07) is 5.62. The van der Waals surface area contributed by atoms with E-state index in [1.54, 1.807) is 19.1 Å². The zero-order valence-corrected chi connectivity index (χ0v) is 11.3. The van der Waals surface area contributed by atoms with Gasteiger partial charge in [0.1, 0.15) is 0 Å². The Balaban J connectivity index is 1.61. The maximum atomic E-state index is 12.0. The molecule has 1 saturated carbocycles. The molecule has 1 amide bonds. The number of nitrogens with one attached hydrogen (secondary N) is 1. The topological polar surface area (TPSA) is 64.6 Å². The van der Waals surface area contributed by atoms with Crippen LogP contribution in [-0.2, 0) is 27.5 Å². The Morgan fingerprint density at radius 3 is 2.80 bits per heavy atom. The van der Waals surface area contributed by atoms with Crippen LogP contribution in [0.25, 0.3) is 0 Å². The van der Waals surface area contributed by atoms with E-state index in [1.165, 1.54) is 0 Å². The van der Waals surface area contributed by atoms with Crippen molar-refractivity contribution in [1.82, 2.24) is 5.32 Å². The molecule has 1 unspecified atom stereocenters. The number of fused-ring (bicyclic) bond motifs is 1. The van der Waals surface area contributed by atoms with Gasteiger partial charge < -0.3 is 14.8 Å². The molecule has 2 aliphatic rings. The first-order chi connectivity index (χ1) is 9.63. The van der Waals surface area contributed by atoms with Crippen molar-refractivity contribution >= 4 is 11.9 Å². The summed E-state index contributed by atoms with van der Waals surface area (Å²) < 4.78 is 10.5. The van der Waals surface area contributed by atoms with Gasteiger partial charge in [0.25, 0.3) is 5.91 Å². The van der Waals surface area contributed by atoms with Crippen LogP contribution < -0.4 is 5.32 Å². The Morgan fingerprint density at radius 2 is 2.05 bits per heavy atom. The van der Waals surface area contributed by atoms with Gasteiger partial charge in [0, 0.05) is 6.04 Å². The highest BCUT2D eigenvalue weighted by Gasteiger charge is 2.27. The second-order valence-electron chi connectivity index (χ2n) is 5.31. The highest BCUT2D eigenvalue weighted by molar-refractivity contribution is 5.92. The third kappa shape index (κ3) is 2.82. The summed E-state index contributed by atoms with van der Waals surface area (Å²) in [6.45, 7) is 2.70. The summed E-state index contributed by atoms with van der Waals surface area (Å²) in [6.07, 6.45) is 1.25. The summed E-state index contributed by atoms with van der Waals surface area (Å²) in [5.74, 6) is -0.705. The number of hydrogen-bond acceptors (Lipinski definition) is 4. The van der Waals surface area contributed by atoms with Gasteiger partial charge in [-0.15, -0.1) is 0 Å². The fraction of sp³-hybridized carbons (Fsp3) is 0.467. The average molecular weight is 275 g/mol. The van der Waals surface area contributed by atoms with Crippen molar-refractivity contribution < 1.29 is 19.1 Å². The normalized spacial score (nSPS) is 18.2. The number of carbonyl (C=O) groups excluding carboxylic acids is 2. The Bertz CT molecular complexity index is 551. The lowest BCUT2D eigenvalue weighted by Crippen LogP contribution is -2.37. The summed E-state index contributed by atoms with van der Waals surface area (Å²) in [5, 5.41) is 2.82. The third-order valence-electron chi connectivity index (χ3n) is 3.53. The smallest absolute Gasteiger partial charge is 0.338 e. The summed E-state index contributed by atoms with van der Waals surface area (Å²) in [5.41, 5.74) is 2.57. The lowest BCUT2D eigenvalue weighted by atomic mass is 10.1. The van der Waals surface area contributed by atoms with Crippen molar-refractivity contribution in [3.05, 3.63) is 34.9 Å². The van der Waals surface area contributed by atoms with Crippen LogP contribution in [-0.4, -0.2) is 24.0 Å². The Hall–Kier alpha value is -1.88. The molecule has 3 rings (SSSR count). The molecule has 1 N–H and O–H groups in total. The van der Waals surface area contributed by atoms with E-state index >= 15 is 0 Å². The fourth-order valence-electron chi connectivity index (χ4n) is 2.13. The lowest BCUT2D eigenvalue weighted by Gasteiger charge is -2.13. The van der Waals surface area contributed by atoms with Crippen molar-refractivity contribution in [2.45, 2.75) is 45.1 Å². The van der Waals surface area contributed by atoms with Gasteiger partial charge in [-0.1, -0.05) is 6.07 Å². The number of rotatable bonds is 4. The van der Waals surface area contributed by atoms with Crippen molar-refractivity contribution in [2.75, 3.05) is 0 Å². The number of amides is 1. The molecule has 106 valence electrons. The SMILES string of the molecule is CC(OC(=O)c1ccc2c(c1)COC2)C(=O)NC1CC1. The molecule has 0 radical (unpaired) electrons. The van der Waals surface area contributed by atoms with E-state index in [2.05, 4.69) is 5.32 Å². The zero-order valence-electron chi connectivity index (χ0n) is 11.3. The summed E-state index contributed by atoms with van der Waals surface area (Å²) in [7, 11) is 0. The van der Waals surface area contributed by atoms with Crippen molar-refractivity contribution in [3.63, 3.8) is 0 Å². The van der Waals surface area contributed by atoms with Crippen LogP contribution in [0, 0.1) is 0 Å². The van der Waals surface area contributed by atoms with Crippen LogP contribution in [0.1, 0.15) is 41.3 Å². The molecule has 5 nitrogen and oxygen atoms in total. The molecule has 1 atom stereocenters. The van der Waals surface area contributed by atoms with Crippen LogP contribution in [0.5, 0.6) is 0 Å². The van der Waals surface area contributed by atoms with Gasteiger partial charge in [0.2, 0.25) is 0 Å². The summed E-state index contributed by atoms with van der Waals surface area (Å²) >= 11 is 0. The van der Waals surface area contributed by atoms with E-state index in [9.17, 15) is 9.59 Å². The van der Waals surface area contributed by atoms with Crippen molar-refractivity contribution in [3.8, 4) is 0 Å². The minimum absolute atomic E-state index is 0.231. The van der Waals surface area contributed by atoms with Crippen LogP contribution in [0.2, 0.25) is 0 Å². The van der Waals surface area contributed by atoms with E-state index in [0.29, 0.717) is 18.8 Å². The second-order valence-corrected chi connectivity index (χ2v) is 5.31. The highest BCUT2D eigenvalue weighted by atomic mass is 16.5. The predicted molar refractivity (Wildman–Crippen MR) is 71.0 cm³/mol. The molecule has 1 aromatic rings. The van der Waals surface area contributed by atoms with E-state index in [0.717, 1.165) is 24.0 Å². The van der Waals surface area contributed by atoms with Crippen LogP contribution in [0.4, 0.5) is 0 Å². The largest absolute Gasteiger partial charge is 0.449 e.